The van der Waals surface area contributed by atoms with Gasteiger partial charge in [0, 0.05) is 12.0 Å². The van der Waals surface area contributed by atoms with Crippen LogP contribution in [-0.4, -0.2) is 30.6 Å². The molecule has 7 rings (SSSR count). The molecule has 1 fully saturated rings. The normalized spacial score (nSPS) is 27.7. The van der Waals surface area contributed by atoms with E-state index in [0.717, 1.165) is 22.3 Å². The monoisotopic (exact) mass is 411 g/mol. The molecule has 0 spiro atoms. The van der Waals surface area contributed by atoms with E-state index in [2.05, 4.69) is 0 Å². The Kier molecular flexibility index (Phi) is 3.72. The van der Waals surface area contributed by atoms with Crippen molar-refractivity contribution < 1.29 is 19.4 Å². The molecular weight excluding hydrogens is 390 g/mol. The summed E-state index contributed by atoms with van der Waals surface area (Å²) in [5.74, 6) is -1.29. The maximum atomic E-state index is 13.9. The molecule has 154 valence electrons. The Morgan fingerprint density at radius 2 is 1.55 bits per heavy atom. The molecule has 5 nitrogen and oxygen atoms in total. The number of carbonyl (C=O) groups excluding carboxylic acids is 2. The van der Waals surface area contributed by atoms with Gasteiger partial charge in [-0.1, -0.05) is 54.6 Å². The van der Waals surface area contributed by atoms with Crippen LogP contribution < -0.4 is 9.64 Å². The highest BCUT2D eigenvalue weighted by Gasteiger charge is 2.68. The molecule has 5 heteroatoms. The summed E-state index contributed by atoms with van der Waals surface area (Å²) < 4.78 is 5.31. The van der Waals surface area contributed by atoms with Crippen LogP contribution in [0.15, 0.2) is 72.8 Å². The Balaban J connectivity index is 1.62. The Hall–Kier alpha value is -3.44. The van der Waals surface area contributed by atoms with Crippen molar-refractivity contribution in [3.8, 4) is 5.75 Å². The minimum absolute atomic E-state index is 0.210. The molecule has 1 saturated heterocycles. The maximum Gasteiger partial charge on any atom is 0.239 e. The van der Waals surface area contributed by atoms with Gasteiger partial charge in [-0.05, 0) is 34.4 Å². The predicted molar refractivity (Wildman–Crippen MR) is 115 cm³/mol. The van der Waals surface area contributed by atoms with Crippen molar-refractivity contribution in [2.45, 2.75) is 11.3 Å². The summed E-state index contributed by atoms with van der Waals surface area (Å²) in [6.45, 7) is -0.236. The van der Waals surface area contributed by atoms with Gasteiger partial charge in [-0.2, -0.15) is 0 Å². The fourth-order valence-electron chi connectivity index (χ4n) is 6.20. The van der Waals surface area contributed by atoms with E-state index in [9.17, 15) is 14.7 Å². The number of anilines is 1. The van der Waals surface area contributed by atoms with Crippen LogP contribution in [0.4, 0.5) is 5.69 Å². The second kappa shape index (κ2) is 6.28. The molecule has 2 atom stereocenters. The number of aliphatic hydroxyl groups excluding tert-OH is 1. The van der Waals surface area contributed by atoms with Crippen LogP contribution in [0.25, 0.3) is 0 Å². The summed E-state index contributed by atoms with van der Waals surface area (Å²) in [5, 5.41) is 10.8. The van der Waals surface area contributed by atoms with Crippen molar-refractivity contribution in [2.24, 2.45) is 11.8 Å². The number of benzene rings is 3. The van der Waals surface area contributed by atoms with Crippen LogP contribution >= 0.6 is 0 Å². The molecule has 0 radical (unpaired) electrons. The van der Waals surface area contributed by atoms with Gasteiger partial charge >= 0.3 is 0 Å². The smallest absolute Gasteiger partial charge is 0.239 e. The topological polar surface area (TPSA) is 66.8 Å². The van der Waals surface area contributed by atoms with Gasteiger partial charge in [-0.3, -0.25) is 9.59 Å². The first-order chi connectivity index (χ1) is 15.1. The van der Waals surface area contributed by atoms with Gasteiger partial charge in [-0.25, -0.2) is 4.90 Å². The van der Waals surface area contributed by atoms with Crippen LogP contribution in [-0.2, 0) is 15.0 Å². The van der Waals surface area contributed by atoms with E-state index in [1.54, 1.807) is 31.4 Å². The van der Waals surface area contributed by atoms with Gasteiger partial charge in [0.1, 0.15) is 5.75 Å². The number of aliphatic hydroxyl groups is 1. The Morgan fingerprint density at radius 3 is 2.16 bits per heavy atom. The van der Waals surface area contributed by atoms with Crippen LogP contribution in [0.1, 0.15) is 28.2 Å². The number of hydrogen-bond acceptors (Lipinski definition) is 4. The Morgan fingerprint density at radius 1 is 0.903 bits per heavy atom. The average molecular weight is 411 g/mol. The highest BCUT2D eigenvalue weighted by molar-refractivity contribution is 6.23. The molecular formula is C26H21NO4. The molecule has 1 aliphatic heterocycles. The van der Waals surface area contributed by atoms with Crippen LogP contribution in [0.3, 0.4) is 0 Å². The fourth-order valence-corrected chi connectivity index (χ4v) is 6.20. The standard InChI is InChI=1S/C26H21NO4/c1-31-16-8-6-7-15(13-16)27-24(29)22-21-17-9-2-4-11-19(17)26(14-28,23(22)25(27)30)20-12-5-3-10-18(20)21/h2-13,21-23,28H,14H2,1H3/t21?,22-,23-,26?/m1/s1. The highest BCUT2D eigenvalue weighted by Crippen LogP contribution is 2.64. The number of nitrogens with zero attached hydrogens (tertiary/aromatic N) is 1. The highest BCUT2D eigenvalue weighted by atomic mass is 16.5. The number of amides is 2. The maximum absolute atomic E-state index is 13.9. The molecule has 3 aliphatic carbocycles. The number of carbonyl (C=O) groups is 2. The van der Waals surface area contributed by atoms with E-state index in [4.69, 9.17) is 4.74 Å². The molecule has 1 N–H and O–H groups in total. The molecule has 31 heavy (non-hydrogen) atoms. The zero-order chi connectivity index (χ0) is 21.3. The first-order valence-electron chi connectivity index (χ1n) is 10.4. The van der Waals surface area contributed by atoms with Crippen molar-refractivity contribution in [1.82, 2.24) is 0 Å². The zero-order valence-corrected chi connectivity index (χ0v) is 17.0. The van der Waals surface area contributed by atoms with Gasteiger partial charge < -0.3 is 9.84 Å². The van der Waals surface area contributed by atoms with Crippen LogP contribution in [0.2, 0.25) is 0 Å². The van der Waals surface area contributed by atoms with Gasteiger partial charge in [0.2, 0.25) is 11.8 Å². The third-order valence-corrected chi connectivity index (χ3v) is 7.35. The average Bonchev–Trinajstić information content (AvgIpc) is 3.10. The molecule has 2 bridgehead atoms. The SMILES string of the molecule is COc1cccc(N2C(=O)[C@@H]3C4c5ccccc5C(CO)(c5ccccc54)[C@H]3C2=O)c1. The Bertz CT molecular complexity index is 1200. The van der Waals surface area contributed by atoms with Crippen LogP contribution in [0.5, 0.6) is 5.75 Å². The third-order valence-electron chi connectivity index (χ3n) is 7.35. The quantitative estimate of drug-likeness (QED) is 0.672. The molecule has 3 aromatic carbocycles. The van der Waals surface area contributed by atoms with E-state index in [0.29, 0.717) is 11.4 Å². The first-order valence-corrected chi connectivity index (χ1v) is 10.4. The minimum Gasteiger partial charge on any atom is -0.497 e. The second-order valence-corrected chi connectivity index (χ2v) is 8.50. The van der Waals surface area contributed by atoms with Gasteiger partial charge in [0.05, 0.1) is 36.7 Å². The second-order valence-electron chi connectivity index (χ2n) is 8.50. The summed E-state index contributed by atoms with van der Waals surface area (Å²) in [4.78, 5) is 29.0. The minimum atomic E-state index is -0.938. The molecule has 2 amide bonds. The summed E-state index contributed by atoms with van der Waals surface area (Å²) in [7, 11) is 1.56. The van der Waals surface area contributed by atoms with E-state index in [1.807, 2.05) is 48.5 Å². The van der Waals surface area contributed by atoms with Gasteiger partial charge in [0.25, 0.3) is 0 Å². The third kappa shape index (κ3) is 2.09. The number of methoxy groups -OCH3 is 1. The number of ether oxygens (including phenoxy) is 1. The van der Waals surface area contributed by atoms with E-state index >= 15 is 0 Å². The van der Waals surface area contributed by atoms with Crippen molar-refractivity contribution in [3.63, 3.8) is 0 Å². The summed E-state index contributed by atoms with van der Waals surface area (Å²) in [6.07, 6.45) is 0. The summed E-state index contributed by atoms with van der Waals surface area (Å²) >= 11 is 0. The summed E-state index contributed by atoms with van der Waals surface area (Å²) in [5.41, 5.74) is 3.54. The molecule has 0 aromatic heterocycles. The van der Waals surface area contributed by atoms with Crippen LogP contribution in [0, 0.1) is 11.8 Å². The molecule has 4 aliphatic rings. The lowest BCUT2D eigenvalue weighted by Gasteiger charge is -2.53. The molecule has 1 heterocycles. The van der Waals surface area contributed by atoms with Crippen molar-refractivity contribution in [2.75, 3.05) is 18.6 Å². The zero-order valence-electron chi connectivity index (χ0n) is 17.0. The Labute approximate surface area is 179 Å². The lowest BCUT2D eigenvalue weighted by atomic mass is 9.47. The predicted octanol–water partition coefficient (Wildman–Crippen LogP) is 3.24. The van der Waals surface area contributed by atoms with E-state index in [1.165, 1.54) is 4.90 Å². The lowest BCUT2D eigenvalue weighted by Crippen LogP contribution is -2.55. The fraction of sp³-hybridized carbons (Fsp3) is 0.231. The number of imide groups is 1. The van der Waals surface area contributed by atoms with E-state index < -0.39 is 17.3 Å². The van der Waals surface area contributed by atoms with Crippen molar-refractivity contribution in [1.29, 1.82) is 0 Å². The molecule has 0 saturated carbocycles. The largest absolute Gasteiger partial charge is 0.497 e. The number of rotatable bonds is 3. The molecule has 3 aromatic rings. The van der Waals surface area contributed by atoms with E-state index in [-0.39, 0.29) is 24.3 Å². The van der Waals surface area contributed by atoms with Gasteiger partial charge in [-0.15, -0.1) is 0 Å². The summed E-state index contributed by atoms with van der Waals surface area (Å²) in [6, 6.07) is 22.9. The van der Waals surface area contributed by atoms with Crippen molar-refractivity contribution >= 4 is 17.5 Å². The first kappa shape index (κ1) is 18.3. The molecule has 0 unspecified atom stereocenters. The van der Waals surface area contributed by atoms with Gasteiger partial charge in [0.15, 0.2) is 0 Å². The van der Waals surface area contributed by atoms with Crippen molar-refractivity contribution in [3.05, 3.63) is 95.1 Å². The number of hydrogen-bond donors (Lipinski definition) is 1. The lowest BCUT2D eigenvalue weighted by molar-refractivity contribution is -0.124.